The van der Waals surface area contributed by atoms with Crippen LogP contribution >= 0.6 is 0 Å². The Hall–Kier alpha value is -0.750. The third-order valence-electron chi connectivity index (χ3n) is 1.54. The van der Waals surface area contributed by atoms with Crippen molar-refractivity contribution in [1.29, 1.82) is 0 Å². The Morgan fingerprint density at radius 2 is 2.21 bits per heavy atom. The van der Waals surface area contributed by atoms with Crippen LogP contribution in [0.5, 0.6) is 0 Å². The number of nitrogens with one attached hydrogen (secondary N) is 1. The molecule has 0 fully saturated rings. The van der Waals surface area contributed by atoms with Gasteiger partial charge in [-0.1, -0.05) is 6.92 Å². The molecule has 4 nitrogen and oxygen atoms in total. The molecule has 0 spiro atoms. The van der Waals surface area contributed by atoms with Crippen molar-refractivity contribution in [2.24, 2.45) is 0 Å². The number of rotatable bonds is 8. The second-order valence-corrected chi connectivity index (χ2v) is 2.70. The molecule has 0 amide bonds. The average Bonchev–Trinajstić information content (AvgIpc) is 2.09. The summed E-state index contributed by atoms with van der Waals surface area (Å²) < 4.78 is 27.8. The van der Waals surface area contributed by atoms with Crippen molar-refractivity contribution in [2.45, 2.75) is 25.8 Å². The van der Waals surface area contributed by atoms with Gasteiger partial charge in [0.1, 0.15) is 12.6 Å². The summed E-state index contributed by atoms with van der Waals surface area (Å²) in [6.45, 7) is 1.68. The Balaban J connectivity index is 3.56. The van der Waals surface area contributed by atoms with E-state index >= 15 is 0 Å². The first-order valence-electron chi connectivity index (χ1n) is 4.40. The average molecular weight is 211 g/mol. The molecule has 1 atom stereocenters. The van der Waals surface area contributed by atoms with E-state index in [-0.39, 0.29) is 13.0 Å². The maximum Gasteiger partial charge on any atom is 0.320 e. The van der Waals surface area contributed by atoms with Gasteiger partial charge in [-0.25, -0.2) is 8.78 Å². The Bertz CT molecular complexity index is 167. The summed E-state index contributed by atoms with van der Waals surface area (Å²) in [4.78, 5) is 10.6. The number of likely N-dealkylation sites (N-methyl/N-ethyl adjacent to an activating group) is 1. The van der Waals surface area contributed by atoms with Crippen LogP contribution in [0.1, 0.15) is 13.3 Å². The van der Waals surface area contributed by atoms with Crippen molar-refractivity contribution in [1.82, 2.24) is 5.32 Å². The van der Waals surface area contributed by atoms with Crippen molar-refractivity contribution in [3.8, 4) is 0 Å². The van der Waals surface area contributed by atoms with E-state index < -0.39 is 25.0 Å². The minimum atomic E-state index is -2.50. The normalized spacial score (nSPS) is 13.1. The van der Waals surface area contributed by atoms with Crippen molar-refractivity contribution in [3.05, 3.63) is 0 Å². The molecule has 0 aliphatic carbocycles. The summed E-state index contributed by atoms with van der Waals surface area (Å²) in [6.07, 6.45) is -2.31. The molecule has 0 rings (SSSR count). The summed E-state index contributed by atoms with van der Waals surface area (Å²) >= 11 is 0. The van der Waals surface area contributed by atoms with Crippen molar-refractivity contribution in [3.63, 3.8) is 0 Å². The summed E-state index contributed by atoms with van der Waals surface area (Å²) in [7, 11) is 0. The zero-order valence-electron chi connectivity index (χ0n) is 8.00. The van der Waals surface area contributed by atoms with Gasteiger partial charge in [-0.2, -0.15) is 0 Å². The molecule has 2 N–H and O–H groups in total. The van der Waals surface area contributed by atoms with Gasteiger partial charge in [0.25, 0.3) is 6.43 Å². The second-order valence-electron chi connectivity index (χ2n) is 2.70. The molecule has 1 unspecified atom stereocenters. The Labute approximate surface area is 81.2 Å². The van der Waals surface area contributed by atoms with Crippen LogP contribution in [0.4, 0.5) is 8.78 Å². The molecule has 6 heteroatoms. The molecule has 0 aromatic rings. The molecule has 0 radical (unpaired) electrons. The number of carboxylic acid groups (broad SMARTS) is 1. The molecule has 0 saturated carbocycles. The monoisotopic (exact) mass is 211 g/mol. The summed E-state index contributed by atoms with van der Waals surface area (Å²) in [5, 5.41) is 11.3. The van der Waals surface area contributed by atoms with Crippen LogP contribution in [0.25, 0.3) is 0 Å². The lowest BCUT2D eigenvalue weighted by Gasteiger charge is -2.12. The second kappa shape index (κ2) is 7.64. The first-order valence-corrected chi connectivity index (χ1v) is 4.40. The number of hydrogen-bond donors (Lipinski definition) is 2. The minimum absolute atomic E-state index is 0.0221. The van der Waals surface area contributed by atoms with E-state index in [0.717, 1.165) is 0 Å². The predicted octanol–water partition coefficient (Wildman–Crippen LogP) is 0.721. The highest BCUT2D eigenvalue weighted by atomic mass is 19.3. The summed E-state index contributed by atoms with van der Waals surface area (Å²) in [5.74, 6) is -0.993. The number of hydrogen-bond acceptors (Lipinski definition) is 3. The summed E-state index contributed by atoms with van der Waals surface area (Å²) in [5.41, 5.74) is 0. The van der Waals surface area contributed by atoms with E-state index in [9.17, 15) is 13.6 Å². The van der Waals surface area contributed by atoms with Gasteiger partial charge in [-0.15, -0.1) is 0 Å². The molecular weight excluding hydrogens is 196 g/mol. The van der Waals surface area contributed by atoms with Crippen LogP contribution in [-0.4, -0.2) is 43.3 Å². The zero-order valence-corrected chi connectivity index (χ0v) is 8.00. The van der Waals surface area contributed by atoms with Crippen molar-refractivity contribution >= 4 is 5.97 Å². The zero-order chi connectivity index (χ0) is 11.0. The predicted molar refractivity (Wildman–Crippen MR) is 46.5 cm³/mol. The van der Waals surface area contributed by atoms with Gasteiger partial charge in [-0.3, -0.25) is 4.79 Å². The first kappa shape index (κ1) is 13.2. The quantitative estimate of drug-likeness (QED) is 0.581. The van der Waals surface area contributed by atoms with Gasteiger partial charge in [0, 0.05) is 6.61 Å². The molecule has 0 saturated heterocycles. The fourth-order valence-corrected chi connectivity index (χ4v) is 0.933. The highest BCUT2D eigenvalue weighted by Gasteiger charge is 2.15. The van der Waals surface area contributed by atoms with Crippen molar-refractivity contribution < 1.29 is 23.4 Å². The molecule has 0 aliphatic rings. The molecule has 84 valence electrons. The Morgan fingerprint density at radius 1 is 1.57 bits per heavy atom. The van der Waals surface area contributed by atoms with Gasteiger partial charge in [0.05, 0.1) is 0 Å². The van der Waals surface area contributed by atoms with E-state index in [4.69, 9.17) is 5.11 Å². The SMILES string of the molecule is CCNC(CCOCC(F)F)C(=O)O. The lowest BCUT2D eigenvalue weighted by molar-refractivity contribution is -0.140. The highest BCUT2D eigenvalue weighted by Crippen LogP contribution is 1.97. The number of aliphatic carboxylic acids is 1. The fourth-order valence-electron chi connectivity index (χ4n) is 0.933. The van der Waals surface area contributed by atoms with E-state index in [0.29, 0.717) is 6.54 Å². The van der Waals surface area contributed by atoms with Crippen LogP contribution in [0.3, 0.4) is 0 Å². The van der Waals surface area contributed by atoms with E-state index in [1.165, 1.54) is 0 Å². The number of halogens is 2. The van der Waals surface area contributed by atoms with Crippen LogP contribution in [0.15, 0.2) is 0 Å². The van der Waals surface area contributed by atoms with Gasteiger partial charge in [0.2, 0.25) is 0 Å². The molecule has 0 aromatic heterocycles. The van der Waals surface area contributed by atoms with Gasteiger partial charge in [0.15, 0.2) is 0 Å². The van der Waals surface area contributed by atoms with Gasteiger partial charge < -0.3 is 15.2 Å². The topological polar surface area (TPSA) is 58.6 Å². The third kappa shape index (κ3) is 6.73. The van der Waals surface area contributed by atoms with Crippen LogP contribution in [0, 0.1) is 0 Å². The molecule has 0 bridgehead atoms. The molecule has 0 aromatic carbocycles. The summed E-state index contributed by atoms with van der Waals surface area (Å²) in [6, 6.07) is -0.724. The van der Waals surface area contributed by atoms with E-state index in [1.807, 2.05) is 0 Å². The maximum atomic E-state index is 11.6. The number of ether oxygens (including phenoxy) is 1. The van der Waals surface area contributed by atoms with Crippen molar-refractivity contribution in [2.75, 3.05) is 19.8 Å². The molecule has 0 heterocycles. The highest BCUT2D eigenvalue weighted by molar-refractivity contribution is 5.73. The number of carboxylic acids is 1. The lowest BCUT2D eigenvalue weighted by atomic mass is 10.2. The van der Waals surface area contributed by atoms with Crippen LogP contribution in [0.2, 0.25) is 0 Å². The van der Waals surface area contributed by atoms with Crippen LogP contribution < -0.4 is 5.32 Å². The Kier molecular flexibility index (Phi) is 7.23. The van der Waals surface area contributed by atoms with E-state index in [1.54, 1.807) is 6.92 Å². The van der Waals surface area contributed by atoms with Crippen LogP contribution in [-0.2, 0) is 9.53 Å². The minimum Gasteiger partial charge on any atom is -0.480 e. The number of carbonyl (C=O) groups is 1. The maximum absolute atomic E-state index is 11.6. The number of alkyl halides is 2. The largest absolute Gasteiger partial charge is 0.480 e. The third-order valence-corrected chi connectivity index (χ3v) is 1.54. The van der Waals surface area contributed by atoms with E-state index in [2.05, 4.69) is 10.1 Å². The first-order chi connectivity index (χ1) is 6.57. The molecule has 0 aliphatic heterocycles. The van der Waals surface area contributed by atoms with Gasteiger partial charge in [-0.05, 0) is 13.0 Å². The lowest BCUT2D eigenvalue weighted by Crippen LogP contribution is -2.37. The smallest absolute Gasteiger partial charge is 0.320 e. The van der Waals surface area contributed by atoms with Gasteiger partial charge >= 0.3 is 5.97 Å². The standard InChI is InChI=1S/C8H15F2NO3/c1-2-11-6(8(12)13)3-4-14-5-7(9)10/h6-7,11H,2-5H2,1H3,(H,12,13). The molecule has 14 heavy (non-hydrogen) atoms. The Morgan fingerprint density at radius 3 is 2.64 bits per heavy atom. The fraction of sp³-hybridized carbons (Fsp3) is 0.875. The molecular formula is C8H15F2NO3.